The molecule has 2 N–H and O–H groups in total. The Kier molecular flexibility index (Phi) is 4.22. The highest BCUT2D eigenvalue weighted by Crippen LogP contribution is 2.14. The van der Waals surface area contributed by atoms with Crippen molar-refractivity contribution in [2.75, 3.05) is 13.1 Å². The minimum Gasteiger partial charge on any atom is -0.459 e. The van der Waals surface area contributed by atoms with E-state index in [1.807, 2.05) is 0 Å². The molecule has 0 atom stereocenters. The highest BCUT2D eigenvalue weighted by molar-refractivity contribution is 5.92. The summed E-state index contributed by atoms with van der Waals surface area (Å²) in [6.07, 6.45) is 2.78. The zero-order chi connectivity index (χ0) is 16.2. The van der Waals surface area contributed by atoms with E-state index in [0.29, 0.717) is 31.7 Å². The van der Waals surface area contributed by atoms with Gasteiger partial charge in [0.1, 0.15) is 5.69 Å². The van der Waals surface area contributed by atoms with Crippen molar-refractivity contribution >= 4 is 11.8 Å². The Bertz CT molecular complexity index is 725. The van der Waals surface area contributed by atoms with Crippen LogP contribution >= 0.6 is 0 Å². The van der Waals surface area contributed by atoms with Gasteiger partial charge >= 0.3 is 0 Å². The fraction of sp³-hybridized carbons (Fsp3) is 0.333. The smallest absolute Gasteiger partial charge is 0.289 e. The molecule has 0 saturated carbocycles. The average molecular weight is 316 g/mol. The van der Waals surface area contributed by atoms with Gasteiger partial charge in [0.15, 0.2) is 5.76 Å². The SMILES string of the molecule is O=C(NC1CCN(C(=O)c2ccco2)CC1)c1ccc(=O)[nH]n1. The van der Waals surface area contributed by atoms with Gasteiger partial charge in [0.05, 0.1) is 6.26 Å². The van der Waals surface area contributed by atoms with Crippen LogP contribution in [0.25, 0.3) is 0 Å². The third-order valence-electron chi connectivity index (χ3n) is 3.76. The van der Waals surface area contributed by atoms with Gasteiger partial charge in [0, 0.05) is 25.2 Å². The van der Waals surface area contributed by atoms with Crippen LogP contribution in [0.1, 0.15) is 33.9 Å². The number of H-pyrrole nitrogens is 1. The molecule has 2 aromatic rings. The summed E-state index contributed by atoms with van der Waals surface area (Å²) in [4.78, 5) is 36.8. The highest BCUT2D eigenvalue weighted by atomic mass is 16.3. The lowest BCUT2D eigenvalue weighted by Crippen LogP contribution is -2.46. The molecule has 0 aromatic carbocycles. The number of nitrogens with zero attached hydrogens (tertiary/aromatic N) is 2. The molecule has 0 radical (unpaired) electrons. The Morgan fingerprint density at radius 2 is 2.04 bits per heavy atom. The van der Waals surface area contributed by atoms with E-state index in [1.165, 1.54) is 18.4 Å². The second kappa shape index (κ2) is 6.47. The molecule has 3 rings (SSSR count). The molecule has 0 unspecified atom stereocenters. The number of carbonyl (C=O) groups excluding carboxylic acids is 2. The number of hydrogen-bond donors (Lipinski definition) is 2. The van der Waals surface area contributed by atoms with E-state index in [9.17, 15) is 14.4 Å². The number of carbonyl (C=O) groups is 2. The van der Waals surface area contributed by atoms with E-state index in [-0.39, 0.29) is 29.1 Å². The van der Waals surface area contributed by atoms with Gasteiger partial charge < -0.3 is 14.6 Å². The third-order valence-corrected chi connectivity index (χ3v) is 3.76. The van der Waals surface area contributed by atoms with Crippen molar-refractivity contribution in [3.8, 4) is 0 Å². The van der Waals surface area contributed by atoms with Gasteiger partial charge in [-0.05, 0) is 31.0 Å². The van der Waals surface area contributed by atoms with Crippen molar-refractivity contribution < 1.29 is 14.0 Å². The maximum atomic E-state index is 12.1. The van der Waals surface area contributed by atoms with Crippen molar-refractivity contribution in [1.29, 1.82) is 0 Å². The summed E-state index contributed by atoms with van der Waals surface area (Å²) in [6, 6.07) is 5.92. The lowest BCUT2D eigenvalue weighted by atomic mass is 10.0. The summed E-state index contributed by atoms with van der Waals surface area (Å²) in [5.41, 5.74) is -0.190. The second-order valence-corrected chi connectivity index (χ2v) is 5.32. The summed E-state index contributed by atoms with van der Waals surface area (Å²) in [7, 11) is 0. The molecule has 8 heteroatoms. The van der Waals surface area contributed by atoms with E-state index in [4.69, 9.17) is 4.42 Å². The number of rotatable bonds is 3. The topological polar surface area (TPSA) is 108 Å². The Morgan fingerprint density at radius 3 is 2.65 bits per heavy atom. The minimum absolute atomic E-state index is 0.0307. The monoisotopic (exact) mass is 316 g/mol. The van der Waals surface area contributed by atoms with Crippen LogP contribution in [0, 0.1) is 0 Å². The third kappa shape index (κ3) is 3.47. The van der Waals surface area contributed by atoms with Crippen molar-refractivity contribution in [1.82, 2.24) is 20.4 Å². The number of aromatic nitrogens is 2. The largest absolute Gasteiger partial charge is 0.459 e. The molecule has 2 amide bonds. The standard InChI is InChI=1S/C15H16N4O4/c20-13-4-3-11(17-18-13)14(21)16-10-5-7-19(8-6-10)15(22)12-2-1-9-23-12/h1-4,9-10H,5-8H2,(H,16,21)(H,18,20). The average Bonchev–Trinajstić information content (AvgIpc) is 3.10. The van der Waals surface area contributed by atoms with E-state index < -0.39 is 0 Å². The van der Waals surface area contributed by atoms with E-state index >= 15 is 0 Å². The maximum absolute atomic E-state index is 12.1. The number of piperidine rings is 1. The molecule has 1 aliphatic rings. The van der Waals surface area contributed by atoms with Gasteiger partial charge in [0.2, 0.25) is 0 Å². The zero-order valence-corrected chi connectivity index (χ0v) is 12.3. The molecular formula is C15H16N4O4. The summed E-state index contributed by atoms with van der Waals surface area (Å²) < 4.78 is 5.11. The second-order valence-electron chi connectivity index (χ2n) is 5.32. The first kappa shape index (κ1) is 15.0. The first-order chi connectivity index (χ1) is 11.1. The molecule has 1 fully saturated rings. The summed E-state index contributed by atoms with van der Waals surface area (Å²) in [5, 5.41) is 8.78. The van der Waals surface area contributed by atoms with Crippen LogP contribution in [-0.2, 0) is 0 Å². The number of nitrogens with one attached hydrogen (secondary N) is 2. The van der Waals surface area contributed by atoms with Gasteiger partial charge in [-0.3, -0.25) is 14.4 Å². The molecule has 0 aliphatic carbocycles. The van der Waals surface area contributed by atoms with Gasteiger partial charge in [-0.1, -0.05) is 0 Å². The molecule has 1 saturated heterocycles. The fourth-order valence-electron chi connectivity index (χ4n) is 2.51. The van der Waals surface area contributed by atoms with Crippen LogP contribution in [0.5, 0.6) is 0 Å². The van der Waals surface area contributed by atoms with Crippen LogP contribution in [-0.4, -0.2) is 46.0 Å². The number of aromatic amines is 1. The van der Waals surface area contributed by atoms with Crippen molar-refractivity contribution in [3.05, 3.63) is 52.3 Å². The zero-order valence-electron chi connectivity index (χ0n) is 12.3. The minimum atomic E-state index is -0.355. The molecule has 8 nitrogen and oxygen atoms in total. The fourth-order valence-corrected chi connectivity index (χ4v) is 2.51. The first-order valence-corrected chi connectivity index (χ1v) is 7.33. The highest BCUT2D eigenvalue weighted by Gasteiger charge is 2.26. The Balaban J connectivity index is 1.53. The van der Waals surface area contributed by atoms with Gasteiger partial charge in [-0.25, -0.2) is 5.10 Å². The molecule has 0 bridgehead atoms. The molecule has 2 aromatic heterocycles. The lowest BCUT2D eigenvalue weighted by Gasteiger charge is -2.31. The maximum Gasteiger partial charge on any atom is 0.289 e. The van der Waals surface area contributed by atoms with Gasteiger partial charge in [-0.2, -0.15) is 5.10 Å². The van der Waals surface area contributed by atoms with Crippen molar-refractivity contribution in [3.63, 3.8) is 0 Å². The number of hydrogen-bond acceptors (Lipinski definition) is 5. The Hall–Kier alpha value is -2.90. The van der Waals surface area contributed by atoms with Crippen molar-refractivity contribution in [2.24, 2.45) is 0 Å². The summed E-state index contributed by atoms with van der Waals surface area (Å²) in [5.74, 6) is -0.149. The lowest BCUT2D eigenvalue weighted by molar-refractivity contribution is 0.0667. The molecule has 0 spiro atoms. The van der Waals surface area contributed by atoms with Crippen LogP contribution < -0.4 is 10.9 Å². The van der Waals surface area contributed by atoms with E-state index in [1.54, 1.807) is 17.0 Å². The van der Waals surface area contributed by atoms with Crippen LogP contribution in [0.4, 0.5) is 0 Å². The Morgan fingerprint density at radius 1 is 1.26 bits per heavy atom. The normalized spacial score (nSPS) is 15.4. The molecule has 120 valence electrons. The van der Waals surface area contributed by atoms with Crippen LogP contribution in [0.15, 0.2) is 39.7 Å². The molecule has 23 heavy (non-hydrogen) atoms. The van der Waals surface area contributed by atoms with Crippen LogP contribution in [0.3, 0.4) is 0 Å². The quantitative estimate of drug-likeness (QED) is 0.852. The van der Waals surface area contributed by atoms with Crippen molar-refractivity contribution in [2.45, 2.75) is 18.9 Å². The number of amides is 2. The number of likely N-dealkylation sites (tertiary alicyclic amines) is 1. The predicted molar refractivity (Wildman–Crippen MR) is 80.0 cm³/mol. The summed E-state index contributed by atoms with van der Waals surface area (Å²) in [6.45, 7) is 1.09. The first-order valence-electron chi connectivity index (χ1n) is 7.33. The van der Waals surface area contributed by atoms with E-state index in [0.717, 1.165) is 0 Å². The number of furan rings is 1. The molecule has 1 aliphatic heterocycles. The Labute approximate surface area is 131 Å². The van der Waals surface area contributed by atoms with E-state index in [2.05, 4.69) is 15.5 Å². The van der Waals surface area contributed by atoms with Crippen LogP contribution in [0.2, 0.25) is 0 Å². The molecule has 3 heterocycles. The van der Waals surface area contributed by atoms with Gasteiger partial charge in [0.25, 0.3) is 17.4 Å². The van der Waals surface area contributed by atoms with Gasteiger partial charge in [-0.15, -0.1) is 0 Å². The molecular weight excluding hydrogens is 300 g/mol. The predicted octanol–water partition coefficient (Wildman–Crippen LogP) is 0.397. The summed E-state index contributed by atoms with van der Waals surface area (Å²) >= 11 is 0.